The summed E-state index contributed by atoms with van der Waals surface area (Å²) in [7, 11) is 0. The number of rotatable bonds is 10. The van der Waals surface area contributed by atoms with Crippen LogP contribution in [0.25, 0.3) is 0 Å². The van der Waals surface area contributed by atoms with Gasteiger partial charge >= 0.3 is 0 Å². The molecule has 160 valence electrons. The Hall–Kier alpha value is -2.17. The van der Waals surface area contributed by atoms with E-state index in [1.54, 1.807) is 24.5 Å². The fourth-order valence-electron chi connectivity index (χ4n) is 2.76. The minimum atomic E-state index is -0.146. The van der Waals surface area contributed by atoms with E-state index in [9.17, 15) is 4.79 Å². The van der Waals surface area contributed by atoms with Gasteiger partial charge in [-0.25, -0.2) is 4.99 Å². The van der Waals surface area contributed by atoms with Crippen molar-refractivity contribution in [3.63, 3.8) is 0 Å². The first-order chi connectivity index (χ1) is 13.7. The maximum absolute atomic E-state index is 12.0. The number of hydrogen-bond acceptors (Lipinski definition) is 5. The van der Waals surface area contributed by atoms with Crippen LogP contribution in [0.3, 0.4) is 0 Å². The predicted molar refractivity (Wildman–Crippen MR) is 125 cm³/mol. The molecule has 0 saturated heterocycles. The highest BCUT2D eigenvalue weighted by Crippen LogP contribution is 2.22. The van der Waals surface area contributed by atoms with E-state index in [4.69, 9.17) is 4.52 Å². The van der Waals surface area contributed by atoms with E-state index < -0.39 is 0 Å². The molecule has 0 unspecified atom stereocenters. The Labute approximate surface area is 189 Å². The number of carbonyl (C=O) groups excluding carboxylic acids is 1. The molecule has 0 fully saturated rings. The van der Waals surface area contributed by atoms with Crippen LogP contribution in [0.1, 0.15) is 61.3 Å². The zero-order valence-corrected chi connectivity index (χ0v) is 19.6. The van der Waals surface area contributed by atoms with Gasteiger partial charge in [-0.05, 0) is 31.9 Å². The first kappa shape index (κ1) is 24.9. The number of aliphatic imine (C=N–C) groups is 1. The third-order valence-electron chi connectivity index (χ3n) is 4.35. The van der Waals surface area contributed by atoms with Gasteiger partial charge in [-0.3, -0.25) is 9.78 Å². The predicted octanol–water partition coefficient (Wildman–Crippen LogP) is 3.08. The summed E-state index contributed by atoms with van der Waals surface area (Å²) in [5.41, 5.74) is 1.54. The number of carbonyl (C=O) groups is 1. The van der Waals surface area contributed by atoms with Crippen molar-refractivity contribution in [2.24, 2.45) is 4.99 Å². The van der Waals surface area contributed by atoms with E-state index in [-0.39, 0.29) is 29.9 Å². The van der Waals surface area contributed by atoms with Crippen LogP contribution in [0, 0.1) is 0 Å². The van der Waals surface area contributed by atoms with E-state index in [2.05, 4.69) is 44.9 Å². The second-order valence-electron chi connectivity index (χ2n) is 6.35. The van der Waals surface area contributed by atoms with Crippen LogP contribution in [0.15, 0.2) is 40.1 Å². The Bertz CT molecular complexity index is 746. The average molecular weight is 514 g/mol. The van der Waals surface area contributed by atoms with E-state index in [1.165, 1.54) is 0 Å². The molecule has 2 aromatic rings. The zero-order valence-electron chi connectivity index (χ0n) is 17.3. The first-order valence-electron chi connectivity index (χ1n) is 9.83. The third-order valence-corrected chi connectivity index (χ3v) is 4.35. The standard InChI is InChI=1S/C20H30N6O2.HI/c1-4-15(5-2)18-12-17(28-26-18)14-25-20(22-6-3)24-11-10-23-19(27)16-8-7-9-21-13-16;/h7-9,12-13,15H,4-6,10-11,14H2,1-3H3,(H,23,27)(H2,22,24,25);1H. The molecule has 3 N–H and O–H groups in total. The van der Waals surface area contributed by atoms with Gasteiger partial charge < -0.3 is 20.5 Å². The quantitative estimate of drug-likeness (QED) is 0.195. The summed E-state index contributed by atoms with van der Waals surface area (Å²) in [4.78, 5) is 20.5. The van der Waals surface area contributed by atoms with Gasteiger partial charge in [0.05, 0.1) is 11.3 Å². The molecule has 2 aromatic heterocycles. The average Bonchev–Trinajstić information content (AvgIpc) is 3.19. The maximum Gasteiger partial charge on any atom is 0.252 e. The van der Waals surface area contributed by atoms with E-state index >= 15 is 0 Å². The van der Waals surface area contributed by atoms with Gasteiger partial charge in [0, 0.05) is 44.0 Å². The Morgan fingerprint density at radius 2 is 1.93 bits per heavy atom. The SMILES string of the molecule is CCNC(=NCc1cc(C(CC)CC)no1)NCCNC(=O)c1cccnc1.I. The van der Waals surface area contributed by atoms with Crippen molar-refractivity contribution in [1.29, 1.82) is 0 Å². The van der Waals surface area contributed by atoms with Gasteiger partial charge in [0.1, 0.15) is 6.54 Å². The van der Waals surface area contributed by atoms with Crippen LogP contribution in [0.5, 0.6) is 0 Å². The summed E-state index contributed by atoms with van der Waals surface area (Å²) in [5, 5.41) is 13.4. The van der Waals surface area contributed by atoms with E-state index in [0.717, 1.165) is 30.8 Å². The molecule has 29 heavy (non-hydrogen) atoms. The Balaban J connectivity index is 0.00000420. The van der Waals surface area contributed by atoms with Crippen molar-refractivity contribution >= 4 is 35.8 Å². The van der Waals surface area contributed by atoms with Crippen LogP contribution in [-0.4, -0.2) is 41.6 Å². The normalized spacial score (nSPS) is 11.1. The molecule has 0 aliphatic heterocycles. The lowest BCUT2D eigenvalue weighted by molar-refractivity contribution is 0.0954. The Morgan fingerprint density at radius 1 is 1.17 bits per heavy atom. The summed E-state index contributed by atoms with van der Waals surface area (Å²) in [5.74, 6) is 1.69. The van der Waals surface area contributed by atoms with E-state index in [0.29, 0.717) is 37.1 Å². The molecule has 0 saturated carbocycles. The third kappa shape index (κ3) is 8.38. The van der Waals surface area contributed by atoms with Crippen molar-refractivity contribution in [2.45, 2.75) is 46.1 Å². The van der Waals surface area contributed by atoms with Gasteiger partial charge in [0.15, 0.2) is 11.7 Å². The maximum atomic E-state index is 12.0. The first-order valence-corrected chi connectivity index (χ1v) is 9.83. The molecule has 0 aliphatic rings. The Morgan fingerprint density at radius 3 is 2.59 bits per heavy atom. The topological polar surface area (TPSA) is 104 Å². The summed E-state index contributed by atoms with van der Waals surface area (Å²) < 4.78 is 5.41. The second kappa shape index (κ2) is 13.9. The van der Waals surface area contributed by atoms with Crippen LogP contribution in [0.4, 0.5) is 0 Å². The highest BCUT2D eigenvalue weighted by Gasteiger charge is 2.12. The molecule has 9 heteroatoms. The number of nitrogens with one attached hydrogen (secondary N) is 3. The highest BCUT2D eigenvalue weighted by atomic mass is 127. The number of pyridine rings is 1. The number of hydrogen-bond donors (Lipinski definition) is 3. The molecule has 0 aromatic carbocycles. The molecule has 0 spiro atoms. The molecule has 0 radical (unpaired) electrons. The fraction of sp³-hybridized carbons (Fsp3) is 0.500. The molecule has 0 bridgehead atoms. The molecular formula is C20H31IN6O2. The minimum Gasteiger partial charge on any atom is -0.359 e. The van der Waals surface area contributed by atoms with Crippen LogP contribution >= 0.6 is 24.0 Å². The van der Waals surface area contributed by atoms with Gasteiger partial charge in [-0.2, -0.15) is 0 Å². The van der Waals surface area contributed by atoms with Gasteiger partial charge in [-0.15, -0.1) is 24.0 Å². The monoisotopic (exact) mass is 514 g/mol. The van der Waals surface area contributed by atoms with Gasteiger partial charge in [0.2, 0.25) is 0 Å². The molecule has 0 atom stereocenters. The van der Waals surface area contributed by atoms with Crippen molar-refractivity contribution in [1.82, 2.24) is 26.1 Å². The summed E-state index contributed by atoms with van der Waals surface area (Å²) in [6.45, 7) is 8.48. The number of guanidine groups is 1. The van der Waals surface area contributed by atoms with E-state index in [1.807, 2.05) is 13.0 Å². The summed E-state index contributed by atoms with van der Waals surface area (Å²) in [6, 6.07) is 5.45. The highest BCUT2D eigenvalue weighted by molar-refractivity contribution is 14.0. The van der Waals surface area contributed by atoms with Crippen LogP contribution < -0.4 is 16.0 Å². The molecule has 1 amide bonds. The van der Waals surface area contributed by atoms with Crippen molar-refractivity contribution < 1.29 is 9.32 Å². The summed E-state index contributed by atoms with van der Waals surface area (Å²) >= 11 is 0. The van der Waals surface area contributed by atoms with Crippen molar-refractivity contribution in [2.75, 3.05) is 19.6 Å². The minimum absolute atomic E-state index is 0. The Kier molecular flexibility index (Phi) is 11.9. The lowest BCUT2D eigenvalue weighted by atomic mass is 9.99. The lowest BCUT2D eigenvalue weighted by Crippen LogP contribution is -2.41. The summed E-state index contributed by atoms with van der Waals surface area (Å²) in [6.07, 6.45) is 5.27. The fourth-order valence-corrected chi connectivity index (χ4v) is 2.76. The number of halogens is 1. The number of amides is 1. The van der Waals surface area contributed by atoms with Crippen molar-refractivity contribution in [3.8, 4) is 0 Å². The molecule has 0 aliphatic carbocycles. The number of nitrogens with zero attached hydrogens (tertiary/aromatic N) is 3. The van der Waals surface area contributed by atoms with Gasteiger partial charge in [0.25, 0.3) is 5.91 Å². The van der Waals surface area contributed by atoms with Crippen LogP contribution in [0.2, 0.25) is 0 Å². The second-order valence-corrected chi connectivity index (χ2v) is 6.35. The zero-order chi connectivity index (χ0) is 20.2. The lowest BCUT2D eigenvalue weighted by Gasteiger charge is -2.11. The van der Waals surface area contributed by atoms with Crippen LogP contribution in [-0.2, 0) is 6.54 Å². The number of aromatic nitrogens is 2. The molecule has 2 rings (SSSR count). The van der Waals surface area contributed by atoms with Crippen molar-refractivity contribution in [3.05, 3.63) is 47.6 Å². The molecular weight excluding hydrogens is 483 g/mol. The molecule has 8 nitrogen and oxygen atoms in total. The largest absolute Gasteiger partial charge is 0.359 e. The smallest absolute Gasteiger partial charge is 0.252 e. The van der Waals surface area contributed by atoms with Gasteiger partial charge in [-0.1, -0.05) is 19.0 Å². The molecule has 2 heterocycles.